The normalized spacial score (nSPS) is 31.4. The molecule has 0 saturated heterocycles. The van der Waals surface area contributed by atoms with E-state index in [1.165, 1.54) is 44.9 Å². The Morgan fingerprint density at radius 1 is 0.824 bits per heavy atom. The molecule has 2 aliphatic carbocycles. The number of carbonyl (C=O) groups is 1. The Morgan fingerprint density at radius 3 is 1.94 bits per heavy atom. The SMILES string of the molecule is NC1CCC(CC(=O)CC2CCCCC2)CC1. The molecular formula is C15H27NO. The molecule has 2 N–H and O–H groups in total. The van der Waals surface area contributed by atoms with Crippen molar-refractivity contribution in [1.29, 1.82) is 0 Å². The zero-order valence-electron chi connectivity index (χ0n) is 11.0. The lowest BCUT2D eigenvalue weighted by Gasteiger charge is -2.26. The van der Waals surface area contributed by atoms with Crippen molar-refractivity contribution in [2.45, 2.75) is 76.7 Å². The molecule has 2 fully saturated rings. The zero-order chi connectivity index (χ0) is 12.1. The molecule has 2 aliphatic rings. The van der Waals surface area contributed by atoms with Gasteiger partial charge in [-0.2, -0.15) is 0 Å². The van der Waals surface area contributed by atoms with Crippen molar-refractivity contribution in [3.05, 3.63) is 0 Å². The highest BCUT2D eigenvalue weighted by molar-refractivity contribution is 5.78. The summed E-state index contributed by atoms with van der Waals surface area (Å²) in [5, 5.41) is 0. The number of hydrogen-bond acceptors (Lipinski definition) is 2. The second kappa shape index (κ2) is 6.53. The van der Waals surface area contributed by atoms with Crippen LogP contribution in [0.15, 0.2) is 0 Å². The maximum atomic E-state index is 12.0. The number of nitrogens with two attached hydrogens (primary N) is 1. The predicted octanol–water partition coefficient (Wildman–Crippen LogP) is 3.43. The Kier molecular flexibility index (Phi) is 5.02. The summed E-state index contributed by atoms with van der Waals surface area (Å²) in [6.07, 6.45) is 13.0. The predicted molar refractivity (Wildman–Crippen MR) is 70.7 cm³/mol. The Morgan fingerprint density at radius 2 is 1.35 bits per heavy atom. The summed E-state index contributed by atoms with van der Waals surface area (Å²) < 4.78 is 0. The third-order valence-corrected chi connectivity index (χ3v) is 4.65. The molecule has 2 saturated carbocycles. The maximum Gasteiger partial charge on any atom is 0.133 e. The van der Waals surface area contributed by atoms with E-state index >= 15 is 0 Å². The third kappa shape index (κ3) is 4.42. The monoisotopic (exact) mass is 237 g/mol. The molecule has 0 heterocycles. The van der Waals surface area contributed by atoms with Crippen LogP contribution in [0.1, 0.15) is 70.6 Å². The first-order valence-electron chi connectivity index (χ1n) is 7.51. The molecule has 0 aromatic rings. The largest absolute Gasteiger partial charge is 0.328 e. The van der Waals surface area contributed by atoms with Gasteiger partial charge in [0.2, 0.25) is 0 Å². The average Bonchev–Trinajstić information content (AvgIpc) is 2.33. The molecule has 0 atom stereocenters. The number of carbonyl (C=O) groups excluding carboxylic acids is 1. The van der Waals surface area contributed by atoms with Crippen LogP contribution in [0.25, 0.3) is 0 Å². The summed E-state index contributed by atoms with van der Waals surface area (Å²) in [4.78, 5) is 12.0. The molecule has 0 aromatic carbocycles. The second-order valence-corrected chi connectivity index (χ2v) is 6.23. The van der Waals surface area contributed by atoms with Gasteiger partial charge < -0.3 is 5.73 Å². The fourth-order valence-electron chi connectivity index (χ4n) is 3.51. The fourth-order valence-corrected chi connectivity index (χ4v) is 3.51. The van der Waals surface area contributed by atoms with Crippen molar-refractivity contribution < 1.29 is 4.79 Å². The zero-order valence-corrected chi connectivity index (χ0v) is 11.0. The fraction of sp³-hybridized carbons (Fsp3) is 0.933. The molecule has 0 spiro atoms. The van der Waals surface area contributed by atoms with Gasteiger partial charge in [0.05, 0.1) is 0 Å². The van der Waals surface area contributed by atoms with Crippen LogP contribution in [0, 0.1) is 11.8 Å². The van der Waals surface area contributed by atoms with Crippen LogP contribution >= 0.6 is 0 Å². The third-order valence-electron chi connectivity index (χ3n) is 4.65. The van der Waals surface area contributed by atoms with Gasteiger partial charge in [-0.3, -0.25) is 4.79 Å². The summed E-state index contributed by atoms with van der Waals surface area (Å²) in [5.41, 5.74) is 5.89. The van der Waals surface area contributed by atoms with E-state index in [9.17, 15) is 4.79 Å². The Hall–Kier alpha value is -0.370. The first kappa shape index (κ1) is 13.1. The molecule has 0 unspecified atom stereocenters. The summed E-state index contributed by atoms with van der Waals surface area (Å²) in [5.74, 6) is 1.88. The van der Waals surface area contributed by atoms with Gasteiger partial charge in [-0.25, -0.2) is 0 Å². The van der Waals surface area contributed by atoms with Gasteiger partial charge >= 0.3 is 0 Å². The number of ketones is 1. The van der Waals surface area contributed by atoms with E-state index in [-0.39, 0.29) is 0 Å². The van der Waals surface area contributed by atoms with Crippen molar-refractivity contribution in [3.63, 3.8) is 0 Å². The van der Waals surface area contributed by atoms with E-state index in [2.05, 4.69) is 0 Å². The van der Waals surface area contributed by atoms with Crippen molar-refractivity contribution in [3.8, 4) is 0 Å². The van der Waals surface area contributed by atoms with Crippen LogP contribution in [-0.2, 0) is 4.79 Å². The lowest BCUT2D eigenvalue weighted by atomic mass is 9.80. The molecule has 0 amide bonds. The first-order valence-corrected chi connectivity index (χ1v) is 7.51. The van der Waals surface area contributed by atoms with E-state index in [1.807, 2.05) is 0 Å². The highest BCUT2D eigenvalue weighted by Gasteiger charge is 2.23. The van der Waals surface area contributed by atoms with Gasteiger partial charge in [0.25, 0.3) is 0 Å². The highest BCUT2D eigenvalue weighted by atomic mass is 16.1. The second-order valence-electron chi connectivity index (χ2n) is 6.23. The summed E-state index contributed by atoms with van der Waals surface area (Å²) in [7, 11) is 0. The molecule has 98 valence electrons. The number of rotatable bonds is 4. The lowest BCUT2D eigenvalue weighted by Crippen LogP contribution is -2.27. The van der Waals surface area contributed by atoms with E-state index in [0.29, 0.717) is 23.7 Å². The highest BCUT2D eigenvalue weighted by Crippen LogP contribution is 2.30. The van der Waals surface area contributed by atoms with Crippen molar-refractivity contribution in [2.75, 3.05) is 0 Å². The van der Waals surface area contributed by atoms with Gasteiger partial charge in [0, 0.05) is 18.9 Å². The Labute approximate surface area is 105 Å². The van der Waals surface area contributed by atoms with E-state index in [1.54, 1.807) is 0 Å². The minimum atomic E-state index is 0.402. The van der Waals surface area contributed by atoms with E-state index in [0.717, 1.165) is 25.7 Å². The minimum absolute atomic E-state index is 0.402. The van der Waals surface area contributed by atoms with Gasteiger partial charge in [0.1, 0.15) is 5.78 Å². The first-order chi connectivity index (χ1) is 8.24. The van der Waals surface area contributed by atoms with Gasteiger partial charge in [-0.05, 0) is 37.5 Å². The standard InChI is InChI=1S/C15H27NO/c16-14-8-6-13(7-9-14)11-15(17)10-12-4-2-1-3-5-12/h12-14H,1-11,16H2. The van der Waals surface area contributed by atoms with E-state index < -0.39 is 0 Å². The van der Waals surface area contributed by atoms with Crippen molar-refractivity contribution in [2.24, 2.45) is 17.6 Å². The number of hydrogen-bond donors (Lipinski definition) is 1. The summed E-state index contributed by atoms with van der Waals surface area (Å²) >= 11 is 0. The molecule has 2 heteroatoms. The molecule has 0 radical (unpaired) electrons. The molecule has 2 nitrogen and oxygen atoms in total. The smallest absolute Gasteiger partial charge is 0.133 e. The van der Waals surface area contributed by atoms with Crippen molar-refractivity contribution >= 4 is 5.78 Å². The number of Topliss-reactive ketones (excluding diaryl/α,β-unsaturated/α-hetero) is 1. The van der Waals surface area contributed by atoms with Gasteiger partial charge in [-0.15, -0.1) is 0 Å². The molecule has 17 heavy (non-hydrogen) atoms. The molecule has 0 aliphatic heterocycles. The van der Waals surface area contributed by atoms with Crippen LogP contribution in [0.5, 0.6) is 0 Å². The van der Waals surface area contributed by atoms with Crippen LogP contribution in [0.3, 0.4) is 0 Å². The van der Waals surface area contributed by atoms with Crippen LogP contribution in [0.4, 0.5) is 0 Å². The quantitative estimate of drug-likeness (QED) is 0.814. The Bertz CT molecular complexity index is 237. The molecule has 0 bridgehead atoms. The summed E-state index contributed by atoms with van der Waals surface area (Å²) in [6, 6.07) is 0.402. The molecular weight excluding hydrogens is 210 g/mol. The summed E-state index contributed by atoms with van der Waals surface area (Å²) in [6.45, 7) is 0. The Balaban J connectivity index is 1.66. The molecule has 2 rings (SSSR count). The van der Waals surface area contributed by atoms with Gasteiger partial charge in [0.15, 0.2) is 0 Å². The molecule has 0 aromatic heterocycles. The lowest BCUT2D eigenvalue weighted by molar-refractivity contribution is -0.121. The van der Waals surface area contributed by atoms with Crippen LogP contribution in [0.2, 0.25) is 0 Å². The topological polar surface area (TPSA) is 43.1 Å². The minimum Gasteiger partial charge on any atom is -0.328 e. The van der Waals surface area contributed by atoms with Crippen LogP contribution in [-0.4, -0.2) is 11.8 Å². The van der Waals surface area contributed by atoms with Gasteiger partial charge in [-0.1, -0.05) is 32.1 Å². The van der Waals surface area contributed by atoms with Crippen LogP contribution < -0.4 is 5.73 Å². The maximum absolute atomic E-state index is 12.0. The van der Waals surface area contributed by atoms with Crippen molar-refractivity contribution in [1.82, 2.24) is 0 Å². The average molecular weight is 237 g/mol. The van der Waals surface area contributed by atoms with E-state index in [4.69, 9.17) is 5.73 Å².